The van der Waals surface area contributed by atoms with Crippen LogP contribution in [0.5, 0.6) is 0 Å². The fraction of sp³-hybridized carbons (Fsp3) is 0.200. The molecule has 0 radical (unpaired) electrons. The van der Waals surface area contributed by atoms with Crippen LogP contribution >= 0.6 is 0 Å². The standard InChI is InChI=1S/C15H16N2O2/c1-9-5-4-6-10(2)14(9)17-15(19)13-7-12(8-16-13)11(3)18/h4-8,16H,1-3H3,(H,17,19). The number of H-pyrrole nitrogens is 1. The van der Waals surface area contributed by atoms with Gasteiger partial charge >= 0.3 is 0 Å². The number of carbonyl (C=O) groups excluding carboxylic acids is 2. The summed E-state index contributed by atoms with van der Waals surface area (Å²) in [4.78, 5) is 26.1. The molecule has 0 fully saturated rings. The van der Waals surface area contributed by atoms with Crippen LogP contribution in [0.4, 0.5) is 5.69 Å². The molecule has 2 rings (SSSR count). The van der Waals surface area contributed by atoms with Gasteiger partial charge in [-0.1, -0.05) is 18.2 Å². The zero-order chi connectivity index (χ0) is 14.0. The number of hydrogen-bond acceptors (Lipinski definition) is 2. The lowest BCUT2D eigenvalue weighted by atomic mass is 10.1. The van der Waals surface area contributed by atoms with Gasteiger partial charge in [-0.3, -0.25) is 9.59 Å². The lowest BCUT2D eigenvalue weighted by Crippen LogP contribution is -2.14. The Morgan fingerprint density at radius 2 is 1.79 bits per heavy atom. The third-order valence-corrected chi connectivity index (χ3v) is 3.05. The van der Waals surface area contributed by atoms with Crippen molar-refractivity contribution < 1.29 is 9.59 Å². The Morgan fingerprint density at radius 1 is 1.16 bits per heavy atom. The summed E-state index contributed by atoms with van der Waals surface area (Å²) in [5.41, 5.74) is 3.71. The lowest BCUT2D eigenvalue weighted by molar-refractivity contribution is 0.101. The normalized spacial score (nSPS) is 10.3. The average Bonchev–Trinajstić information content (AvgIpc) is 2.83. The van der Waals surface area contributed by atoms with Gasteiger partial charge in [-0.15, -0.1) is 0 Å². The maximum Gasteiger partial charge on any atom is 0.272 e. The number of aromatic nitrogens is 1. The van der Waals surface area contributed by atoms with Crippen molar-refractivity contribution in [1.29, 1.82) is 0 Å². The summed E-state index contributed by atoms with van der Waals surface area (Å²) in [6.07, 6.45) is 1.54. The van der Waals surface area contributed by atoms with E-state index in [-0.39, 0.29) is 11.7 Å². The number of Topliss-reactive ketones (excluding diaryl/α,β-unsaturated/α-hetero) is 1. The van der Waals surface area contributed by atoms with E-state index in [2.05, 4.69) is 10.3 Å². The van der Waals surface area contributed by atoms with Crippen molar-refractivity contribution in [1.82, 2.24) is 4.98 Å². The number of anilines is 1. The maximum absolute atomic E-state index is 12.1. The molecule has 0 aliphatic carbocycles. The van der Waals surface area contributed by atoms with Crippen LogP contribution in [-0.4, -0.2) is 16.7 Å². The fourth-order valence-corrected chi connectivity index (χ4v) is 1.92. The number of amides is 1. The number of aromatic amines is 1. The molecular formula is C15H16N2O2. The second kappa shape index (κ2) is 5.10. The zero-order valence-electron chi connectivity index (χ0n) is 11.2. The quantitative estimate of drug-likeness (QED) is 0.829. The molecule has 1 aromatic heterocycles. The van der Waals surface area contributed by atoms with Crippen LogP contribution in [0.1, 0.15) is 38.9 Å². The molecular weight excluding hydrogens is 240 g/mol. The van der Waals surface area contributed by atoms with E-state index >= 15 is 0 Å². The summed E-state index contributed by atoms with van der Waals surface area (Å²) >= 11 is 0. The van der Waals surface area contributed by atoms with Crippen molar-refractivity contribution in [2.75, 3.05) is 5.32 Å². The minimum Gasteiger partial charge on any atom is -0.356 e. The minimum atomic E-state index is -0.245. The van der Waals surface area contributed by atoms with Crippen molar-refractivity contribution in [2.24, 2.45) is 0 Å². The number of carbonyl (C=O) groups is 2. The van der Waals surface area contributed by atoms with E-state index in [0.717, 1.165) is 16.8 Å². The van der Waals surface area contributed by atoms with Crippen LogP contribution in [-0.2, 0) is 0 Å². The molecule has 1 aromatic carbocycles. The lowest BCUT2D eigenvalue weighted by Gasteiger charge is -2.10. The highest BCUT2D eigenvalue weighted by atomic mass is 16.2. The molecule has 4 heteroatoms. The Kier molecular flexibility index (Phi) is 3.51. The molecule has 0 saturated heterocycles. The first-order chi connectivity index (χ1) is 8.99. The molecule has 0 spiro atoms. The van der Waals surface area contributed by atoms with Gasteiger partial charge in [-0.2, -0.15) is 0 Å². The predicted molar refractivity (Wildman–Crippen MR) is 74.7 cm³/mol. The number of rotatable bonds is 3. The summed E-state index contributed by atoms with van der Waals surface area (Å²) < 4.78 is 0. The van der Waals surface area contributed by atoms with Crippen LogP contribution in [0.25, 0.3) is 0 Å². The third-order valence-electron chi connectivity index (χ3n) is 3.05. The van der Waals surface area contributed by atoms with Gasteiger partial charge in [0.1, 0.15) is 5.69 Å². The highest BCUT2D eigenvalue weighted by molar-refractivity contribution is 6.05. The first-order valence-electron chi connectivity index (χ1n) is 6.06. The minimum absolute atomic E-state index is 0.0672. The van der Waals surface area contributed by atoms with Gasteiger partial charge in [0.2, 0.25) is 0 Å². The van der Waals surface area contributed by atoms with Crippen LogP contribution in [0.2, 0.25) is 0 Å². The van der Waals surface area contributed by atoms with Crippen molar-refractivity contribution in [3.63, 3.8) is 0 Å². The summed E-state index contributed by atoms with van der Waals surface area (Å²) in [6.45, 7) is 5.35. The predicted octanol–water partition coefficient (Wildman–Crippen LogP) is 3.09. The van der Waals surface area contributed by atoms with Gasteiger partial charge in [-0.25, -0.2) is 0 Å². The molecule has 0 aliphatic rings. The molecule has 98 valence electrons. The number of ketones is 1. The monoisotopic (exact) mass is 256 g/mol. The molecule has 0 atom stereocenters. The van der Waals surface area contributed by atoms with E-state index in [4.69, 9.17) is 0 Å². The number of para-hydroxylation sites is 1. The van der Waals surface area contributed by atoms with Gasteiger partial charge in [0, 0.05) is 17.4 Å². The number of benzene rings is 1. The van der Waals surface area contributed by atoms with Gasteiger partial charge in [0.05, 0.1) is 0 Å². The molecule has 4 nitrogen and oxygen atoms in total. The Bertz CT molecular complexity index is 621. The van der Waals surface area contributed by atoms with Gasteiger partial charge in [-0.05, 0) is 38.0 Å². The van der Waals surface area contributed by atoms with E-state index in [9.17, 15) is 9.59 Å². The Balaban J connectivity index is 2.23. The summed E-state index contributed by atoms with van der Waals surface area (Å²) in [6, 6.07) is 7.39. The third kappa shape index (κ3) is 2.73. The highest BCUT2D eigenvalue weighted by Crippen LogP contribution is 2.20. The molecule has 0 unspecified atom stereocenters. The summed E-state index contributed by atoms with van der Waals surface area (Å²) in [5, 5.41) is 2.87. The van der Waals surface area contributed by atoms with Crippen LogP contribution < -0.4 is 5.32 Å². The van der Waals surface area contributed by atoms with Crippen LogP contribution in [0.15, 0.2) is 30.5 Å². The fourth-order valence-electron chi connectivity index (χ4n) is 1.92. The van der Waals surface area contributed by atoms with E-state index in [1.807, 2.05) is 32.0 Å². The first kappa shape index (κ1) is 13.1. The van der Waals surface area contributed by atoms with E-state index in [0.29, 0.717) is 11.3 Å². The van der Waals surface area contributed by atoms with Crippen molar-refractivity contribution in [3.8, 4) is 0 Å². The van der Waals surface area contributed by atoms with Crippen molar-refractivity contribution >= 4 is 17.4 Å². The topological polar surface area (TPSA) is 62.0 Å². The maximum atomic E-state index is 12.1. The average molecular weight is 256 g/mol. The van der Waals surface area contributed by atoms with E-state index in [1.54, 1.807) is 12.3 Å². The molecule has 0 saturated carbocycles. The Labute approximate surface area is 111 Å². The smallest absolute Gasteiger partial charge is 0.272 e. The molecule has 0 bridgehead atoms. The molecule has 2 N–H and O–H groups in total. The van der Waals surface area contributed by atoms with Gasteiger partial charge < -0.3 is 10.3 Å². The van der Waals surface area contributed by atoms with Crippen LogP contribution in [0.3, 0.4) is 0 Å². The second-order valence-electron chi connectivity index (χ2n) is 4.58. The van der Waals surface area contributed by atoms with E-state index < -0.39 is 0 Å². The number of hydrogen-bond donors (Lipinski definition) is 2. The first-order valence-corrected chi connectivity index (χ1v) is 6.06. The van der Waals surface area contributed by atoms with Gasteiger partial charge in [0.15, 0.2) is 5.78 Å². The number of aryl methyl sites for hydroxylation is 2. The largest absolute Gasteiger partial charge is 0.356 e. The molecule has 19 heavy (non-hydrogen) atoms. The molecule has 1 heterocycles. The van der Waals surface area contributed by atoms with Crippen molar-refractivity contribution in [2.45, 2.75) is 20.8 Å². The molecule has 2 aromatic rings. The Hall–Kier alpha value is -2.36. The second-order valence-corrected chi connectivity index (χ2v) is 4.58. The molecule has 1 amide bonds. The zero-order valence-corrected chi connectivity index (χ0v) is 11.2. The Morgan fingerprint density at radius 3 is 2.32 bits per heavy atom. The van der Waals surface area contributed by atoms with Gasteiger partial charge in [0.25, 0.3) is 5.91 Å². The summed E-state index contributed by atoms with van der Waals surface area (Å²) in [7, 11) is 0. The molecule has 0 aliphatic heterocycles. The highest BCUT2D eigenvalue weighted by Gasteiger charge is 2.12. The SMILES string of the molecule is CC(=O)c1c[nH]c(C(=O)Nc2c(C)cccc2C)c1. The number of nitrogens with one attached hydrogen (secondary N) is 2. The van der Waals surface area contributed by atoms with Crippen LogP contribution in [0, 0.1) is 13.8 Å². The van der Waals surface area contributed by atoms with E-state index in [1.165, 1.54) is 6.92 Å². The summed E-state index contributed by atoms with van der Waals surface area (Å²) in [5.74, 6) is -0.313. The van der Waals surface area contributed by atoms with Crippen molar-refractivity contribution in [3.05, 3.63) is 52.8 Å².